The highest BCUT2D eigenvalue weighted by molar-refractivity contribution is 6.36. The maximum Gasteiger partial charge on any atom is 0.358 e. The SMILES string of the molecule is COC(=O)c1nc(-c2cncnc2)cc(NC(C)=O)c1Cl. The number of esters is 1. The molecule has 7 nitrogen and oxygen atoms in total. The molecule has 21 heavy (non-hydrogen) atoms. The van der Waals surface area contributed by atoms with Crippen LogP contribution in [-0.2, 0) is 9.53 Å². The number of ether oxygens (including phenoxy) is 1. The molecule has 0 aliphatic carbocycles. The minimum Gasteiger partial charge on any atom is -0.464 e. The first-order valence-corrected chi connectivity index (χ1v) is 6.22. The van der Waals surface area contributed by atoms with Gasteiger partial charge in [-0.15, -0.1) is 0 Å². The standard InChI is InChI=1S/C13H11ClN4O3/c1-7(19)17-10-3-9(8-4-15-6-16-5-8)18-12(11(10)14)13(20)21-2/h3-6H,1-2H3,(H,17,18,19). The molecule has 2 aromatic heterocycles. The number of hydrogen-bond donors (Lipinski definition) is 1. The fraction of sp³-hybridized carbons (Fsp3) is 0.154. The van der Waals surface area contributed by atoms with Crippen molar-refractivity contribution in [3.05, 3.63) is 35.5 Å². The number of rotatable bonds is 3. The minimum absolute atomic E-state index is 0.0117. The Hall–Kier alpha value is -2.54. The van der Waals surface area contributed by atoms with Crippen molar-refractivity contribution in [2.75, 3.05) is 12.4 Å². The zero-order valence-electron chi connectivity index (χ0n) is 11.3. The van der Waals surface area contributed by atoms with Crippen LogP contribution in [0.5, 0.6) is 0 Å². The Balaban J connectivity index is 2.61. The molecule has 0 unspecified atom stereocenters. The van der Waals surface area contributed by atoms with Gasteiger partial charge < -0.3 is 10.1 Å². The monoisotopic (exact) mass is 306 g/mol. The van der Waals surface area contributed by atoms with E-state index in [1.807, 2.05) is 0 Å². The number of anilines is 1. The minimum atomic E-state index is -0.703. The summed E-state index contributed by atoms with van der Waals surface area (Å²) in [5, 5.41) is 2.55. The summed E-state index contributed by atoms with van der Waals surface area (Å²) in [4.78, 5) is 34.9. The average molecular weight is 307 g/mol. The smallest absolute Gasteiger partial charge is 0.358 e. The molecular formula is C13H11ClN4O3. The summed E-state index contributed by atoms with van der Waals surface area (Å²) in [6, 6.07) is 1.54. The highest BCUT2D eigenvalue weighted by Crippen LogP contribution is 2.30. The predicted molar refractivity (Wildman–Crippen MR) is 75.9 cm³/mol. The van der Waals surface area contributed by atoms with Gasteiger partial charge in [0, 0.05) is 24.9 Å². The summed E-state index contributed by atoms with van der Waals surface area (Å²) in [5.41, 5.74) is 1.14. The Morgan fingerprint density at radius 1 is 1.29 bits per heavy atom. The first kappa shape index (κ1) is 14.9. The molecule has 0 radical (unpaired) electrons. The van der Waals surface area contributed by atoms with E-state index in [0.29, 0.717) is 11.3 Å². The molecule has 0 aromatic carbocycles. The predicted octanol–water partition coefficient (Wildman–Crippen LogP) is 1.94. The van der Waals surface area contributed by atoms with Crippen molar-refractivity contribution in [2.24, 2.45) is 0 Å². The van der Waals surface area contributed by atoms with Crippen LogP contribution >= 0.6 is 11.6 Å². The molecular weight excluding hydrogens is 296 g/mol. The molecule has 0 spiro atoms. The van der Waals surface area contributed by atoms with Gasteiger partial charge in [-0.25, -0.2) is 19.7 Å². The molecule has 2 rings (SSSR count). The number of methoxy groups -OCH3 is 1. The van der Waals surface area contributed by atoms with Crippen molar-refractivity contribution in [2.45, 2.75) is 6.92 Å². The lowest BCUT2D eigenvalue weighted by molar-refractivity contribution is -0.114. The van der Waals surface area contributed by atoms with Crippen LogP contribution in [0.15, 0.2) is 24.8 Å². The molecule has 1 N–H and O–H groups in total. The van der Waals surface area contributed by atoms with Crippen molar-refractivity contribution in [3.63, 3.8) is 0 Å². The molecule has 108 valence electrons. The Morgan fingerprint density at radius 2 is 1.95 bits per heavy atom. The highest BCUT2D eigenvalue weighted by Gasteiger charge is 2.19. The second-order valence-electron chi connectivity index (χ2n) is 4.02. The fourth-order valence-electron chi connectivity index (χ4n) is 1.62. The van der Waals surface area contributed by atoms with E-state index in [4.69, 9.17) is 11.6 Å². The van der Waals surface area contributed by atoms with E-state index in [2.05, 4.69) is 25.0 Å². The van der Waals surface area contributed by atoms with Gasteiger partial charge in [0.2, 0.25) is 5.91 Å². The van der Waals surface area contributed by atoms with Crippen LogP contribution in [0.4, 0.5) is 5.69 Å². The molecule has 0 aliphatic rings. The molecule has 8 heteroatoms. The van der Waals surface area contributed by atoms with Crippen LogP contribution < -0.4 is 5.32 Å². The Labute approximate surface area is 125 Å². The van der Waals surface area contributed by atoms with E-state index in [1.54, 1.807) is 0 Å². The number of carbonyl (C=O) groups is 2. The number of hydrogen-bond acceptors (Lipinski definition) is 6. The molecule has 0 fully saturated rings. The molecule has 0 aliphatic heterocycles. The summed E-state index contributed by atoms with van der Waals surface area (Å²) >= 11 is 6.08. The maximum absolute atomic E-state index is 11.7. The third-order valence-electron chi connectivity index (χ3n) is 2.50. The topological polar surface area (TPSA) is 94.1 Å². The van der Waals surface area contributed by atoms with Gasteiger partial charge >= 0.3 is 5.97 Å². The number of nitrogens with one attached hydrogen (secondary N) is 1. The van der Waals surface area contributed by atoms with E-state index in [0.717, 1.165) is 0 Å². The molecule has 0 saturated carbocycles. The van der Waals surface area contributed by atoms with Gasteiger partial charge in [-0.05, 0) is 6.07 Å². The lowest BCUT2D eigenvalue weighted by Gasteiger charge is -2.11. The zero-order valence-corrected chi connectivity index (χ0v) is 12.0. The van der Waals surface area contributed by atoms with Crippen LogP contribution in [0.25, 0.3) is 11.3 Å². The van der Waals surface area contributed by atoms with Crippen molar-refractivity contribution in [3.8, 4) is 11.3 Å². The number of aromatic nitrogens is 3. The Kier molecular flexibility index (Phi) is 4.44. The summed E-state index contributed by atoms with van der Waals surface area (Å²) < 4.78 is 4.64. The summed E-state index contributed by atoms with van der Waals surface area (Å²) in [6.07, 6.45) is 4.43. The van der Waals surface area contributed by atoms with Crippen molar-refractivity contribution >= 4 is 29.2 Å². The van der Waals surface area contributed by atoms with Gasteiger partial charge in [0.05, 0.1) is 23.5 Å². The number of pyridine rings is 1. The van der Waals surface area contributed by atoms with Gasteiger partial charge in [-0.3, -0.25) is 4.79 Å². The molecule has 2 heterocycles. The van der Waals surface area contributed by atoms with E-state index < -0.39 is 5.97 Å². The van der Waals surface area contributed by atoms with Crippen LogP contribution in [-0.4, -0.2) is 33.9 Å². The van der Waals surface area contributed by atoms with Gasteiger partial charge in [0.25, 0.3) is 0 Å². The van der Waals surface area contributed by atoms with E-state index in [9.17, 15) is 9.59 Å². The van der Waals surface area contributed by atoms with Crippen molar-refractivity contribution in [1.82, 2.24) is 15.0 Å². The average Bonchev–Trinajstić information content (AvgIpc) is 2.49. The van der Waals surface area contributed by atoms with Crippen molar-refractivity contribution < 1.29 is 14.3 Å². The molecule has 0 atom stereocenters. The first-order chi connectivity index (χ1) is 10.0. The van der Waals surface area contributed by atoms with Gasteiger partial charge in [0.1, 0.15) is 6.33 Å². The number of amides is 1. The largest absolute Gasteiger partial charge is 0.464 e. The molecule has 1 amide bonds. The third kappa shape index (κ3) is 3.32. The maximum atomic E-state index is 11.7. The van der Waals surface area contributed by atoms with Crippen molar-refractivity contribution in [1.29, 1.82) is 0 Å². The van der Waals surface area contributed by atoms with Gasteiger partial charge in [-0.1, -0.05) is 11.6 Å². The highest BCUT2D eigenvalue weighted by atomic mass is 35.5. The summed E-state index contributed by atoms with van der Waals surface area (Å²) in [5.74, 6) is -1.03. The Morgan fingerprint density at radius 3 is 2.52 bits per heavy atom. The van der Waals surface area contributed by atoms with Crippen LogP contribution in [0.2, 0.25) is 5.02 Å². The lowest BCUT2D eigenvalue weighted by atomic mass is 10.2. The molecule has 2 aromatic rings. The summed E-state index contributed by atoms with van der Waals surface area (Å²) in [7, 11) is 1.22. The van der Waals surface area contributed by atoms with Crippen LogP contribution in [0.3, 0.4) is 0 Å². The quantitative estimate of drug-likeness (QED) is 0.871. The normalized spacial score (nSPS) is 10.0. The second-order valence-corrected chi connectivity index (χ2v) is 4.40. The van der Waals surface area contributed by atoms with E-state index in [1.165, 1.54) is 38.8 Å². The Bertz CT molecular complexity index is 691. The first-order valence-electron chi connectivity index (χ1n) is 5.84. The molecule has 0 saturated heterocycles. The van der Waals surface area contributed by atoms with Gasteiger partial charge in [-0.2, -0.15) is 0 Å². The molecule has 0 bridgehead atoms. The van der Waals surface area contributed by atoms with E-state index in [-0.39, 0.29) is 22.3 Å². The number of halogens is 1. The lowest BCUT2D eigenvalue weighted by Crippen LogP contribution is -2.12. The number of carbonyl (C=O) groups excluding carboxylic acids is 2. The fourth-order valence-corrected chi connectivity index (χ4v) is 1.84. The summed E-state index contributed by atoms with van der Waals surface area (Å²) in [6.45, 7) is 1.33. The second kappa shape index (κ2) is 6.27. The van der Waals surface area contributed by atoms with Crippen LogP contribution in [0, 0.1) is 0 Å². The van der Waals surface area contributed by atoms with Crippen LogP contribution in [0.1, 0.15) is 17.4 Å². The zero-order chi connectivity index (χ0) is 15.4. The van der Waals surface area contributed by atoms with Gasteiger partial charge in [0.15, 0.2) is 5.69 Å². The van der Waals surface area contributed by atoms with E-state index >= 15 is 0 Å². The third-order valence-corrected chi connectivity index (χ3v) is 2.89. The number of nitrogens with zero attached hydrogens (tertiary/aromatic N) is 3.